The number of methoxy groups -OCH3 is 3. The average Bonchev–Trinajstić information content (AvgIpc) is 2.55. The Morgan fingerprint density at radius 1 is 0.955 bits per heavy atom. The lowest BCUT2D eigenvalue weighted by atomic mass is 10.1. The molecule has 0 aliphatic rings. The highest BCUT2D eigenvalue weighted by Crippen LogP contribution is 2.29. The van der Waals surface area contributed by atoms with Crippen molar-refractivity contribution in [3.05, 3.63) is 48.0 Å². The van der Waals surface area contributed by atoms with Gasteiger partial charge in [0, 0.05) is 11.6 Å². The number of benzene rings is 2. The summed E-state index contributed by atoms with van der Waals surface area (Å²) in [5, 5.41) is 2.84. The Labute approximate surface area is 129 Å². The van der Waals surface area contributed by atoms with Crippen LogP contribution in [-0.2, 0) is 11.2 Å². The first-order valence-corrected chi connectivity index (χ1v) is 6.81. The minimum Gasteiger partial charge on any atom is -0.497 e. The minimum atomic E-state index is -0.145. The van der Waals surface area contributed by atoms with Gasteiger partial charge < -0.3 is 19.5 Å². The summed E-state index contributed by atoms with van der Waals surface area (Å²) < 4.78 is 15.6. The van der Waals surface area contributed by atoms with Crippen molar-refractivity contribution in [1.29, 1.82) is 0 Å². The maximum atomic E-state index is 12.2. The molecule has 0 saturated heterocycles. The maximum Gasteiger partial charge on any atom is 0.229 e. The fourth-order valence-electron chi connectivity index (χ4n) is 2.12. The van der Waals surface area contributed by atoms with Gasteiger partial charge in [0.05, 0.1) is 33.4 Å². The van der Waals surface area contributed by atoms with Crippen LogP contribution in [0.15, 0.2) is 42.5 Å². The zero-order chi connectivity index (χ0) is 15.9. The summed E-state index contributed by atoms with van der Waals surface area (Å²) in [6.07, 6.45) is 0.221. The summed E-state index contributed by atoms with van der Waals surface area (Å²) in [4.78, 5) is 12.2. The molecule has 2 aromatic carbocycles. The van der Waals surface area contributed by atoms with E-state index in [1.54, 1.807) is 39.5 Å². The first-order valence-electron chi connectivity index (χ1n) is 6.81. The van der Waals surface area contributed by atoms with Crippen molar-refractivity contribution in [2.75, 3.05) is 26.6 Å². The lowest BCUT2D eigenvalue weighted by Crippen LogP contribution is -2.15. The molecule has 5 nitrogen and oxygen atoms in total. The standard InChI is InChI=1S/C17H19NO4/c1-20-13-8-9-14(16(11-13)22-3)18-17(19)10-12-6-4-5-7-15(12)21-2/h4-9,11H,10H2,1-3H3,(H,18,19). The van der Waals surface area contributed by atoms with E-state index < -0.39 is 0 Å². The zero-order valence-electron chi connectivity index (χ0n) is 12.9. The Morgan fingerprint density at radius 2 is 1.68 bits per heavy atom. The molecule has 0 saturated carbocycles. The van der Waals surface area contributed by atoms with Gasteiger partial charge in [-0.25, -0.2) is 0 Å². The first kappa shape index (κ1) is 15.7. The second-order valence-corrected chi connectivity index (χ2v) is 4.60. The number of para-hydroxylation sites is 1. The topological polar surface area (TPSA) is 56.8 Å². The lowest BCUT2D eigenvalue weighted by molar-refractivity contribution is -0.115. The molecular weight excluding hydrogens is 282 g/mol. The van der Waals surface area contributed by atoms with E-state index >= 15 is 0 Å². The van der Waals surface area contributed by atoms with Gasteiger partial charge in [0.25, 0.3) is 0 Å². The molecule has 0 aliphatic heterocycles. The van der Waals surface area contributed by atoms with E-state index in [1.807, 2.05) is 24.3 Å². The first-order chi connectivity index (χ1) is 10.7. The van der Waals surface area contributed by atoms with Crippen LogP contribution in [0, 0.1) is 0 Å². The smallest absolute Gasteiger partial charge is 0.229 e. The molecule has 0 aromatic heterocycles. The third-order valence-corrected chi connectivity index (χ3v) is 3.23. The molecule has 0 unspecified atom stereocenters. The van der Waals surface area contributed by atoms with E-state index in [2.05, 4.69) is 5.32 Å². The Bertz CT molecular complexity index is 655. The van der Waals surface area contributed by atoms with Crippen molar-refractivity contribution >= 4 is 11.6 Å². The van der Waals surface area contributed by atoms with Gasteiger partial charge >= 0.3 is 0 Å². The van der Waals surface area contributed by atoms with Crippen molar-refractivity contribution in [3.63, 3.8) is 0 Å². The van der Waals surface area contributed by atoms with E-state index in [-0.39, 0.29) is 12.3 Å². The number of ether oxygens (including phenoxy) is 3. The second-order valence-electron chi connectivity index (χ2n) is 4.60. The van der Waals surface area contributed by atoms with Gasteiger partial charge in [-0.3, -0.25) is 4.79 Å². The molecule has 2 aromatic rings. The number of anilines is 1. The number of amides is 1. The summed E-state index contributed by atoms with van der Waals surface area (Å²) in [5.41, 5.74) is 1.43. The zero-order valence-corrected chi connectivity index (χ0v) is 12.9. The number of nitrogens with one attached hydrogen (secondary N) is 1. The molecule has 0 radical (unpaired) electrons. The van der Waals surface area contributed by atoms with Crippen LogP contribution in [0.25, 0.3) is 0 Å². The lowest BCUT2D eigenvalue weighted by Gasteiger charge is -2.12. The highest BCUT2D eigenvalue weighted by atomic mass is 16.5. The summed E-state index contributed by atoms with van der Waals surface area (Å²) >= 11 is 0. The summed E-state index contributed by atoms with van der Waals surface area (Å²) in [6, 6.07) is 12.7. The highest BCUT2D eigenvalue weighted by molar-refractivity contribution is 5.94. The highest BCUT2D eigenvalue weighted by Gasteiger charge is 2.11. The van der Waals surface area contributed by atoms with Gasteiger partial charge in [-0.05, 0) is 18.2 Å². The maximum absolute atomic E-state index is 12.2. The summed E-state index contributed by atoms with van der Waals surface area (Å²) in [7, 11) is 4.71. The van der Waals surface area contributed by atoms with Crippen molar-refractivity contribution in [3.8, 4) is 17.2 Å². The third kappa shape index (κ3) is 3.69. The fourth-order valence-corrected chi connectivity index (χ4v) is 2.12. The Hall–Kier alpha value is -2.69. The number of rotatable bonds is 6. The van der Waals surface area contributed by atoms with Gasteiger partial charge in [-0.2, -0.15) is 0 Å². The normalized spacial score (nSPS) is 9.95. The third-order valence-electron chi connectivity index (χ3n) is 3.23. The van der Waals surface area contributed by atoms with Crippen LogP contribution in [-0.4, -0.2) is 27.2 Å². The molecule has 0 atom stereocenters. The minimum absolute atomic E-state index is 0.145. The molecule has 5 heteroatoms. The van der Waals surface area contributed by atoms with Crippen LogP contribution in [0.3, 0.4) is 0 Å². The Morgan fingerprint density at radius 3 is 2.36 bits per heavy atom. The summed E-state index contributed by atoms with van der Waals surface area (Å²) in [5.74, 6) is 1.76. The van der Waals surface area contributed by atoms with Crippen LogP contribution in [0.4, 0.5) is 5.69 Å². The van der Waals surface area contributed by atoms with Crippen LogP contribution in [0.1, 0.15) is 5.56 Å². The van der Waals surface area contributed by atoms with Gasteiger partial charge in [0.15, 0.2) is 0 Å². The van der Waals surface area contributed by atoms with Crippen molar-refractivity contribution in [1.82, 2.24) is 0 Å². The van der Waals surface area contributed by atoms with Crippen molar-refractivity contribution < 1.29 is 19.0 Å². The average molecular weight is 301 g/mol. The van der Waals surface area contributed by atoms with Gasteiger partial charge in [0.1, 0.15) is 17.2 Å². The van der Waals surface area contributed by atoms with Gasteiger partial charge in [-0.15, -0.1) is 0 Å². The number of hydrogen-bond donors (Lipinski definition) is 1. The van der Waals surface area contributed by atoms with Crippen LogP contribution < -0.4 is 19.5 Å². The fraction of sp³-hybridized carbons (Fsp3) is 0.235. The molecule has 116 valence electrons. The van der Waals surface area contributed by atoms with Gasteiger partial charge in [-0.1, -0.05) is 18.2 Å². The predicted molar refractivity (Wildman–Crippen MR) is 84.9 cm³/mol. The SMILES string of the molecule is COc1ccc(NC(=O)Cc2ccccc2OC)c(OC)c1. The van der Waals surface area contributed by atoms with Crippen molar-refractivity contribution in [2.24, 2.45) is 0 Å². The van der Waals surface area contributed by atoms with Crippen molar-refractivity contribution in [2.45, 2.75) is 6.42 Å². The second kappa shape index (κ2) is 7.36. The Balaban J connectivity index is 2.12. The molecule has 0 fully saturated rings. The molecule has 0 heterocycles. The van der Waals surface area contributed by atoms with Crippen LogP contribution in [0.5, 0.6) is 17.2 Å². The quantitative estimate of drug-likeness (QED) is 0.891. The number of carbonyl (C=O) groups excluding carboxylic acids is 1. The molecule has 1 amide bonds. The number of hydrogen-bond acceptors (Lipinski definition) is 4. The van der Waals surface area contributed by atoms with Crippen LogP contribution in [0.2, 0.25) is 0 Å². The largest absolute Gasteiger partial charge is 0.497 e. The van der Waals surface area contributed by atoms with E-state index in [1.165, 1.54) is 0 Å². The molecule has 0 aliphatic carbocycles. The monoisotopic (exact) mass is 301 g/mol. The molecule has 1 N–H and O–H groups in total. The Kier molecular flexibility index (Phi) is 5.25. The predicted octanol–water partition coefficient (Wildman–Crippen LogP) is 2.89. The molecule has 0 bridgehead atoms. The molecule has 2 rings (SSSR count). The molecule has 22 heavy (non-hydrogen) atoms. The summed E-state index contributed by atoms with van der Waals surface area (Å²) in [6.45, 7) is 0. The van der Waals surface area contributed by atoms with E-state index in [0.29, 0.717) is 22.9 Å². The molecule has 0 spiro atoms. The van der Waals surface area contributed by atoms with E-state index in [4.69, 9.17) is 14.2 Å². The number of carbonyl (C=O) groups is 1. The molecular formula is C17H19NO4. The van der Waals surface area contributed by atoms with Crippen LogP contribution >= 0.6 is 0 Å². The van der Waals surface area contributed by atoms with E-state index in [9.17, 15) is 4.79 Å². The van der Waals surface area contributed by atoms with E-state index in [0.717, 1.165) is 5.56 Å². The van der Waals surface area contributed by atoms with Gasteiger partial charge in [0.2, 0.25) is 5.91 Å².